The molecule has 1 aliphatic heterocycles. The lowest BCUT2D eigenvalue weighted by Crippen LogP contribution is -2.43. The lowest BCUT2D eigenvalue weighted by Gasteiger charge is -2.28. The lowest BCUT2D eigenvalue weighted by atomic mass is 10.3. The predicted molar refractivity (Wildman–Crippen MR) is 66.7 cm³/mol. The van der Waals surface area contributed by atoms with E-state index in [0.717, 1.165) is 37.7 Å². The highest BCUT2D eigenvalue weighted by molar-refractivity contribution is 5.41. The summed E-state index contributed by atoms with van der Waals surface area (Å²) in [6.45, 7) is 5.22. The van der Waals surface area contributed by atoms with Crippen molar-refractivity contribution in [3.05, 3.63) is 18.3 Å². The van der Waals surface area contributed by atoms with Crippen molar-refractivity contribution in [3.63, 3.8) is 0 Å². The van der Waals surface area contributed by atoms with Gasteiger partial charge in [0.1, 0.15) is 18.2 Å². The highest BCUT2D eigenvalue weighted by atomic mass is 16.5. The summed E-state index contributed by atoms with van der Waals surface area (Å²) >= 11 is 0. The summed E-state index contributed by atoms with van der Waals surface area (Å²) < 4.78 is 10.4. The molecule has 2 rings (SSSR count). The average Bonchev–Trinajstić information content (AvgIpc) is 2.41. The number of methoxy groups -OCH3 is 1. The van der Waals surface area contributed by atoms with Gasteiger partial charge in [-0.3, -0.25) is 0 Å². The summed E-state index contributed by atoms with van der Waals surface area (Å²) in [5.74, 6) is 1.81. The third-order valence-corrected chi connectivity index (χ3v) is 2.72. The maximum Gasteiger partial charge on any atom is 0.137 e. The third kappa shape index (κ3) is 3.57. The van der Waals surface area contributed by atoms with E-state index in [-0.39, 0.29) is 0 Å². The molecule has 0 unspecified atom stereocenters. The Kier molecular flexibility index (Phi) is 4.58. The molecule has 0 spiro atoms. The van der Waals surface area contributed by atoms with Crippen LogP contribution in [0.4, 0.5) is 5.82 Å². The van der Waals surface area contributed by atoms with Crippen LogP contribution in [0.3, 0.4) is 0 Å². The Hall–Kier alpha value is -1.33. The number of rotatable bonds is 5. The second-order valence-corrected chi connectivity index (χ2v) is 3.93. The molecule has 1 aromatic rings. The molecule has 2 heterocycles. The Morgan fingerprint density at radius 1 is 1.29 bits per heavy atom. The second-order valence-electron chi connectivity index (χ2n) is 3.93. The number of ether oxygens (including phenoxy) is 2. The van der Waals surface area contributed by atoms with E-state index in [4.69, 9.17) is 9.47 Å². The van der Waals surface area contributed by atoms with E-state index in [2.05, 4.69) is 15.2 Å². The van der Waals surface area contributed by atoms with Gasteiger partial charge >= 0.3 is 0 Å². The smallest absolute Gasteiger partial charge is 0.137 e. The molecule has 0 atom stereocenters. The molecular formula is C12H19N3O2. The van der Waals surface area contributed by atoms with Crippen molar-refractivity contribution >= 4 is 5.82 Å². The quantitative estimate of drug-likeness (QED) is 0.756. The molecule has 5 nitrogen and oxygen atoms in total. The van der Waals surface area contributed by atoms with Gasteiger partial charge in [0.05, 0.1) is 12.8 Å². The van der Waals surface area contributed by atoms with Crippen LogP contribution in [0.2, 0.25) is 0 Å². The summed E-state index contributed by atoms with van der Waals surface area (Å²) in [7, 11) is 1.66. The molecule has 1 aliphatic rings. The van der Waals surface area contributed by atoms with Crippen LogP contribution >= 0.6 is 0 Å². The fraction of sp³-hybridized carbons (Fsp3) is 0.583. The Balaban J connectivity index is 1.88. The SMILES string of the molecule is COCCOc1ccc(N2CCNCC2)nc1. The van der Waals surface area contributed by atoms with Crippen LogP contribution in [0.25, 0.3) is 0 Å². The van der Waals surface area contributed by atoms with Crippen molar-refractivity contribution in [2.24, 2.45) is 0 Å². The predicted octanol–water partition coefficient (Wildman–Crippen LogP) is 0.516. The van der Waals surface area contributed by atoms with Gasteiger partial charge in [0.2, 0.25) is 0 Å². The highest BCUT2D eigenvalue weighted by Gasteiger charge is 2.11. The molecular weight excluding hydrogens is 218 g/mol. The molecule has 0 aliphatic carbocycles. The molecule has 1 fully saturated rings. The van der Waals surface area contributed by atoms with Crippen LogP contribution in [0.5, 0.6) is 5.75 Å². The maximum atomic E-state index is 5.47. The zero-order valence-electron chi connectivity index (χ0n) is 10.2. The van der Waals surface area contributed by atoms with Gasteiger partial charge in [0.25, 0.3) is 0 Å². The van der Waals surface area contributed by atoms with Gasteiger partial charge in [-0.15, -0.1) is 0 Å². The maximum absolute atomic E-state index is 5.47. The first-order valence-electron chi connectivity index (χ1n) is 5.93. The molecule has 1 N–H and O–H groups in total. The van der Waals surface area contributed by atoms with Crippen LogP contribution in [0.1, 0.15) is 0 Å². The van der Waals surface area contributed by atoms with Gasteiger partial charge in [0.15, 0.2) is 0 Å². The zero-order valence-corrected chi connectivity index (χ0v) is 10.2. The standard InChI is InChI=1S/C12H19N3O2/c1-16-8-9-17-11-2-3-12(14-10-11)15-6-4-13-5-7-15/h2-3,10,13H,4-9H2,1H3. The molecule has 0 radical (unpaired) electrons. The van der Waals surface area contributed by atoms with Gasteiger partial charge in [-0.2, -0.15) is 0 Å². The largest absolute Gasteiger partial charge is 0.490 e. The fourth-order valence-corrected chi connectivity index (χ4v) is 1.78. The number of hydrogen-bond donors (Lipinski definition) is 1. The number of nitrogens with zero attached hydrogens (tertiary/aromatic N) is 2. The minimum atomic E-state index is 0.561. The summed E-state index contributed by atoms with van der Waals surface area (Å²) in [5.41, 5.74) is 0. The van der Waals surface area contributed by atoms with Crippen LogP contribution in [0, 0.1) is 0 Å². The lowest BCUT2D eigenvalue weighted by molar-refractivity contribution is 0.146. The van der Waals surface area contributed by atoms with Crippen LogP contribution < -0.4 is 15.0 Å². The van der Waals surface area contributed by atoms with E-state index >= 15 is 0 Å². The molecule has 1 saturated heterocycles. The Labute approximate surface area is 102 Å². The van der Waals surface area contributed by atoms with E-state index in [9.17, 15) is 0 Å². The number of aromatic nitrogens is 1. The van der Waals surface area contributed by atoms with E-state index in [1.54, 1.807) is 13.3 Å². The molecule has 0 bridgehead atoms. The number of pyridine rings is 1. The van der Waals surface area contributed by atoms with Crippen molar-refractivity contribution in [2.45, 2.75) is 0 Å². The van der Waals surface area contributed by atoms with E-state index in [1.165, 1.54) is 0 Å². The summed E-state index contributed by atoms with van der Waals surface area (Å²) in [6.07, 6.45) is 1.77. The van der Waals surface area contributed by atoms with Gasteiger partial charge < -0.3 is 19.7 Å². The molecule has 0 aromatic carbocycles. The molecule has 94 valence electrons. The first kappa shape index (κ1) is 12.1. The minimum Gasteiger partial charge on any atom is -0.490 e. The van der Waals surface area contributed by atoms with Gasteiger partial charge in [-0.25, -0.2) is 4.98 Å². The zero-order chi connectivity index (χ0) is 11.9. The third-order valence-electron chi connectivity index (χ3n) is 2.72. The second kappa shape index (κ2) is 6.42. The summed E-state index contributed by atoms with van der Waals surface area (Å²) in [6, 6.07) is 3.97. The van der Waals surface area contributed by atoms with Crippen molar-refractivity contribution < 1.29 is 9.47 Å². The van der Waals surface area contributed by atoms with Crippen molar-refractivity contribution in [2.75, 3.05) is 51.4 Å². The fourth-order valence-electron chi connectivity index (χ4n) is 1.78. The molecule has 1 aromatic heterocycles. The normalized spacial score (nSPS) is 15.9. The highest BCUT2D eigenvalue weighted by Crippen LogP contribution is 2.16. The Bertz CT molecular complexity index is 323. The van der Waals surface area contributed by atoms with E-state index in [0.29, 0.717) is 13.2 Å². The van der Waals surface area contributed by atoms with Crippen LogP contribution in [-0.2, 0) is 4.74 Å². The van der Waals surface area contributed by atoms with Crippen LogP contribution in [-0.4, -0.2) is 51.5 Å². The summed E-state index contributed by atoms with van der Waals surface area (Å²) in [4.78, 5) is 6.69. The number of nitrogens with one attached hydrogen (secondary N) is 1. The Morgan fingerprint density at radius 2 is 2.12 bits per heavy atom. The minimum absolute atomic E-state index is 0.561. The van der Waals surface area contributed by atoms with Gasteiger partial charge in [0, 0.05) is 33.3 Å². The number of piperazine rings is 1. The number of anilines is 1. The van der Waals surface area contributed by atoms with E-state index in [1.807, 2.05) is 12.1 Å². The van der Waals surface area contributed by atoms with Crippen molar-refractivity contribution in [1.29, 1.82) is 0 Å². The van der Waals surface area contributed by atoms with Gasteiger partial charge in [-0.1, -0.05) is 0 Å². The molecule has 0 amide bonds. The number of hydrogen-bond acceptors (Lipinski definition) is 5. The first-order chi connectivity index (χ1) is 8.40. The van der Waals surface area contributed by atoms with Crippen molar-refractivity contribution in [1.82, 2.24) is 10.3 Å². The van der Waals surface area contributed by atoms with Crippen LogP contribution in [0.15, 0.2) is 18.3 Å². The molecule has 17 heavy (non-hydrogen) atoms. The molecule has 0 saturated carbocycles. The Morgan fingerprint density at radius 3 is 2.76 bits per heavy atom. The van der Waals surface area contributed by atoms with Crippen molar-refractivity contribution in [3.8, 4) is 5.75 Å². The average molecular weight is 237 g/mol. The van der Waals surface area contributed by atoms with Gasteiger partial charge in [-0.05, 0) is 12.1 Å². The summed E-state index contributed by atoms with van der Waals surface area (Å²) in [5, 5.41) is 3.32. The first-order valence-corrected chi connectivity index (χ1v) is 5.93. The monoisotopic (exact) mass is 237 g/mol. The topological polar surface area (TPSA) is 46.6 Å². The van der Waals surface area contributed by atoms with E-state index < -0.39 is 0 Å². The molecule has 5 heteroatoms.